The number of aliphatic carboxylic acids is 1. The van der Waals surface area contributed by atoms with E-state index in [9.17, 15) is 48.9 Å². The lowest BCUT2D eigenvalue weighted by Gasteiger charge is -2.37. The molecular formula is C94H120N16O19S. The number of aromatic amines is 1. The van der Waals surface area contributed by atoms with E-state index in [-0.39, 0.29) is 62.4 Å². The van der Waals surface area contributed by atoms with Crippen molar-refractivity contribution in [2.45, 2.75) is 178 Å². The van der Waals surface area contributed by atoms with Gasteiger partial charge in [-0.3, -0.25) is 76.7 Å². The number of likely N-dealkylation sites (N-methyl/N-ethyl adjacent to an activating group) is 5. The average Bonchev–Trinajstić information content (AvgIpc) is 1.39. The summed E-state index contributed by atoms with van der Waals surface area (Å²) in [6.45, 7) is 7.86. The van der Waals surface area contributed by atoms with E-state index < -0.39 is 210 Å². The summed E-state index contributed by atoms with van der Waals surface area (Å²) in [4.78, 5) is 244. The Morgan fingerprint density at radius 3 is 1.49 bits per heavy atom. The van der Waals surface area contributed by atoms with Gasteiger partial charge in [0, 0.05) is 96.1 Å². The lowest BCUT2D eigenvalue weighted by Crippen LogP contribution is -2.61. The number of benzene rings is 6. The summed E-state index contributed by atoms with van der Waals surface area (Å²) in [6, 6.07) is 27.3. The molecule has 1 aliphatic heterocycles. The molecule has 7 aromatic rings. The van der Waals surface area contributed by atoms with Gasteiger partial charge in [0.25, 0.3) is 0 Å². The summed E-state index contributed by atoms with van der Waals surface area (Å²) in [5.74, 6) is -18.3. The standard InChI is InChI=1S/C94H120N16O19S/c1-12-13-33-74-91(126)107(8)52-79(115)99-71(48-81(117)118)88(123)105-82(56(4)5)93(128)109(10)75(45-58-25-17-14-18-26-58)89(124)102-72(44-61-36-40-65(112)41-37-61)90(125)106(7)51-78(114)98-70(47-63-49-96-67-32-24-23-31-66(63)67)87(122)101-69(43-60-34-38-64(111)39-35-60)86(121)100-68(42-55(2)3)85(120)103-73(84(119)97-50-77(95)113)53-130-54-80(116)104-83(57(6)62-29-21-16-22-30-62)94(129)110(11)76(92(127)108(74)9)46-59-27-19-15-20-28-59/h14-32,34-41,49,55-57,68-76,82-83,96,111-112H,12-13,33,42-48,50-54H2,1-11H3,(H2,95,113)(H,97,119)(H,98,114)(H,99,115)(H,100,121)(H,101,122)(H,102,124)(H,103,120)(H,104,116)(H,105,123)(H,117,118)/t57?,68-,69-,70-,71-,72-,73-,74-,75-,76-,82-,83?/m0/s1. The Labute approximate surface area is 759 Å². The summed E-state index contributed by atoms with van der Waals surface area (Å²) in [5, 5.41) is 55.7. The Kier molecular flexibility index (Phi) is 38.4. The van der Waals surface area contributed by atoms with Crippen molar-refractivity contribution < 1.29 is 92.0 Å². The molecule has 1 aromatic heterocycles. The van der Waals surface area contributed by atoms with Gasteiger partial charge in [-0.05, 0) is 88.4 Å². The van der Waals surface area contributed by atoms with Crippen LogP contribution >= 0.6 is 11.8 Å². The highest BCUT2D eigenvalue weighted by Crippen LogP contribution is 2.27. The molecule has 0 spiro atoms. The number of phenols is 2. The SMILES string of the molecule is CCCC[C@H]1C(=O)N(C)CC(=O)N[C@@H](CC(=O)O)C(=O)N[C@@H](C(C)C)C(=O)N(C)[C@@H](Cc2ccccc2)C(=O)N[C@@H](Cc2ccc(O)cc2)C(=O)N(C)CC(=O)N[C@@H](Cc2c[nH]c3ccccc23)C(=O)N[C@@H](Cc2ccc(O)cc2)C(=O)N[C@@H](CC(C)C)C(=O)N[C@H](C(=O)NCC(N)=O)CSCC(=O)NC(C(C)c2ccccc2)C(=O)N(C)[C@@H](Cc2ccccc2)C(=O)N1C. The number of unbranched alkanes of at least 4 members (excludes halogenated alkanes) is 1. The molecule has 0 saturated carbocycles. The van der Waals surface area contributed by atoms with Crippen molar-refractivity contribution in [3.63, 3.8) is 0 Å². The normalized spacial score (nSPS) is 22.1. The van der Waals surface area contributed by atoms with E-state index in [1.54, 1.807) is 156 Å². The molecule has 15 amide bonds. The number of carboxylic acid groups (broad SMARTS) is 1. The second-order valence-corrected chi connectivity index (χ2v) is 34.5. The highest BCUT2D eigenvalue weighted by Gasteiger charge is 2.43. The maximum atomic E-state index is 15.6. The van der Waals surface area contributed by atoms with Crippen molar-refractivity contribution in [3.8, 4) is 11.5 Å². The fraction of sp³-hybridized carbons (Fsp3) is 0.426. The number of carbonyl (C=O) groups is 16. The molecule has 2 unspecified atom stereocenters. The van der Waals surface area contributed by atoms with Gasteiger partial charge in [-0.25, -0.2) is 0 Å². The van der Waals surface area contributed by atoms with Gasteiger partial charge < -0.3 is 98.4 Å². The number of fused-ring (bicyclic) bond motifs is 1. The van der Waals surface area contributed by atoms with Crippen LogP contribution < -0.4 is 53.6 Å². The Morgan fingerprint density at radius 2 is 0.938 bits per heavy atom. The number of primary amides is 1. The first-order valence-electron chi connectivity index (χ1n) is 43.1. The molecule has 8 rings (SSSR count). The number of thioether (sulfide) groups is 1. The quantitative estimate of drug-likeness (QED) is 0.0438. The maximum Gasteiger partial charge on any atom is 0.305 e. The van der Waals surface area contributed by atoms with Crippen molar-refractivity contribution in [1.82, 2.24) is 77.3 Å². The third-order valence-corrected chi connectivity index (χ3v) is 23.6. The molecule has 36 heteroatoms. The zero-order valence-corrected chi connectivity index (χ0v) is 75.8. The number of rotatable bonds is 23. The van der Waals surface area contributed by atoms with E-state index in [1.807, 2.05) is 6.92 Å². The molecular weight excluding hydrogens is 1690 g/mol. The number of carboxylic acids is 1. The third-order valence-electron chi connectivity index (χ3n) is 22.6. The van der Waals surface area contributed by atoms with E-state index in [0.717, 1.165) is 26.5 Å². The van der Waals surface area contributed by atoms with Crippen LogP contribution in [0.1, 0.15) is 113 Å². The van der Waals surface area contributed by atoms with Gasteiger partial charge in [-0.1, -0.05) is 188 Å². The molecule has 1 fully saturated rings. The second kappa shape index (κ2) is 49.0. The van der Waals surface area contributed by atoms with Gasteiger partial charge >= 0.3 is 5.97 Å². The van der Waals surface area contributed by atoms with Crippen LogP contribution in [0.15, 0.2) is 170 Å². The third kappa shape index (κ3) is 30.0. The number of amides is 15. The van der Waals surface area contributed by atoms with Gasteiger partial charge in [0.1, 0.15) is 78.0 Å². The molecule has 0 aliphatic carbocycles. The molecule has 0 bridgehead atoms. The number of nitrogens with two attached hydrogens (primary N) is 1. The average molecular weight is 1810 g/mol. The molecule has 1 saturated heterocycles. The number of phenolic OH excluding ortho intramolecular Hbond substituents is 2. The van der Waals surface area contributed by atoms with Gasteiger partial charge in [-0.15, -0.1) is 11.8 Å². The number of aromatic hydroxyl groups is 2. The van der Waals surface area contributed by atoms with E-state index in [2.05, 4.69) is 52.8 Å². The Balaban J connectivity index is 1.22. The minimum Gasteiger partial charge on any atom is -0.508 e. The van der Waals surface area contributed by atoms with E-state index in [1.165, 1.54) is 93.6 Å². The molecule has 0 radical (unpaired) electrons. The van der Waals surface area contributed by atoms with E-state index in [0.29, 0.717) is 57.1 Å². The van der Waals surface area contributed by atoms with Crippen LogP contribution in [0.25, 0.3) is 10.9 Å². The number of carbonyl (C=O) groups excluding carboxylic acids is 15. The minimum atomic E-state index is -1.91. The van der Waals surface area contributed by atoms with Crippen LogP contribution in [-0.4, -0.2) is 272 Å². The number of nitrogens with one attached hydrogen (secondary N) is 10. The van der Waals surface area contributed by atoms with Crippen molar-refractivity contribution in [1.29, 1.82) is 0 Å². The predicted molar refractivity (Wildman–Crippen MR) is 487 cm³/mol. The number of hydrogen-bond acceptors (Lipinski definition) is 19. The van der Waals surface area contributed by atoms with Gasteiger partial charge in [0.15, 0.2) is 0 Å². The summed E-state index contributed by atoms with van der Waals surface area (Å²) in [5.41, 5.74) is 9.13. The predicted octanol–water partition coefficient (Wildman–Crippen LogP) is 2.89. The minimum absolute atomic E-state index is 0.0270. The Morgan fingerprint density at radius 1 is 0.469 bits per heavy atom. The fourth-order valence-corrected chi connectivity index (χ4v) is 16.1. The highest BCUT2D eigenvalue weighted by atomic mass is 32.2. The molecule has 6 aromatic carbocycles. The zero-order valence-electron chi connectivity index (χ0n) is 75.0. The van der Waals surface area contributed by atoms with Crippen LogP contribution in [-0.2, 0) is 109 Å². The molecule has 1 aliphatic rings. The van der Waals surface area contributed by atoms with Gasteiger partial charge in [0.2, 0.25) is 88.6 Å². The zero-order chi connectivity index (χ0) is 95.2. The number of nitrogens with zero attached hydrogens (tertiary/aromatic N) is 5. The lowest BCUT2D eigenvalue weighted by molar-refractivity contribution is -0.151. The fourth-order valence-electron chi connectivity index (χ4n) is 15.2. The number of aromatic nitrogens is 1. The van der Waals surface area contributed by atoms with Crippen molar-refractivity contribution in [2.24, 2.45) is 17.6 Å². The first kappa shape index (κ1) is 102. The first-order chi connectivity index (χ1) is 61.8. The Bertz CT molecular complexity index is 5100. The van der Waals surface area contributed by atoms with Crippen molar-refractivity contribution in [2.75, 3.05) is 66.4 Å². The van der Waals surface area contributed by atoms with Crippen molar-refractivity contribution >= 4 is 117 Å². The summed E-state index contributed by atoms with van der Waals surface area (Å²) in [6.07, 6.45) is 0.202. The van der Waals surface area contributed by atoms with E-state index in [4.69, 9.17) is 5.73 Å². The molecule has 130 heavy (non-hydrogen) atoms. The van der Waals surface area contributed by atoms with Gasteiger partial charge in [0.05, 0.1) is 31.8 Å². The van der Waals surface area contributed by atoms with Crippen LogP contribution in [0.3, 0.4) is 0 Å². The topological polar surface area (TPSA) is 500 Å². The van der Waals surface area contributed by atoms with Gasteiger partial charge in [-0.2, -0.15) is 0 Å². The molecule has 35 nitrogen and oxygen atoms in total. The van der Waals surface area contributed by atoms with Crippen molar-refractivity contribution in [3.05, 3.63) is 203 Å². The van der Waals surface area contributed by atoms with Crippen LogP contribution in [0, 0.1) is 11.8 Å². The molecule has 2 heterocycles. The molecule has 12 atom stereocenters. The van der Waals surface area contributed by atoms with E-state index >= 15 is 43.2 Å². The monoisotopic (exact) mass is 1810 g/mol. The van der Waals surface area contributed by atoms with Crippen LogP contribution in [0.5, 0.6) is 11.5 Å². The summed E-state index contributed by atoms with van der Waals surface area (Å²) < 4.78 is 0. The van der Waals surface area contributed by atoms with Crippen LogP contribution in [0.4, 0.5) is 0 Å². The smallest absolute Gasteiger partial charge is 0.305 e. The Hall–Kier alpha value is -13.7. The summed E-state index contributed by atoms with van der Waals surface area (Å²) in [7, 11) is 6.55. The largest absolute Gasteiger partial charge is 0.508 e. The second-order valence-electron chi connectivity index (χ2n) is 33.5. The highest BCUT2D eigenvalue weighted by molar-refractivity contribution is 8.00. The summed E-state index contributed by atoms with van der Waals surface area (Å²) >= 11 is 0.830. The molecule has 15 N–H and O–H groups in total. The number of para-hydroxylation sites is 1. The number of hydrogen-bond donors (Lipinski definition) is 14. The first-order valence-corrected chi connectivity index (χ1v) is 44.3. The number of H-pyrrole nitrogens is 1. The van der Waals surface area contributed by atoms with Crippen LogP contribution in [0.2, 0.25) is 0 Å². The molecule has 696 valence electrons. The lowest BCUT2D eigenvalue weighted by atomic mass is 9.91. The maximum absolute atomic E-state index is 15.6.